The Morgan fingerprint density at radius 2 is 2.06 bits per heavy atom. The number of halogens is 2. The van der Waals surface area contributed by atoms with Crippen molar-refractivity contribution < 1.29 is 4.39 Å². The van der Waals surface area contributed by atoms with Gasteiger partial charge in [0.2, 0.25) is 0 Å². The van der Waals surface area contributed by atoms with Crippen molar-refractivity contribution in [2.24, 2.45) is 0 Å². The molecule has 1 heterocycles. The van der Waals surface area contributed by atoms with E-state index < -0.39 is 0 Å². The van der Waals surface area contributed by atoms with Crippen LogP contribution in [0.5, 0.6) is 0 Å². The first-order valence-corrected chi connectivity index (χ1v) is 5.99. The molecule has 18 heavy (non-hydrogen) atoms. The largest absolute Gasteiger partial charge is 0.383 e. The van der Waals surface area contributed by atoms with Crippen LogP contribution in [0, 0.1) is 12.7 Å². The van der Waals surface area contributed by atoms with Gasteiger partial charge in [-0.05, 0) is 25.1 Å². The van der Waals surface area contributed by atoms with Crippen LogP contribution in [-0.4, -0.2) is 9.97 Å². The Bertz CT molecular complexity index is 599. The van der Waals surface area contributed by atoms with Gasteiger partial charge in [-0.3, -0.25) is 0 Å². The third-order valence-corrected chi connectivity index (χ3v) is 3.04. The average molecular weight is 266 g/mol. The lowest BCUT2D eigenvalue weighted by Crippen LogP contribution is -2.04. The second-order valence-corrected chi connectivity index (χ2v) is 4.38. The van der Waals surface area contributed by atoms with E-state index in [9.17, 15) is 4.39 Å². The first-order chi connectivity index (χ1) is 8.52. The zero-order valence-electron chi connectivity index (χ0n) is 10.2. The lowest BCUT2D eigenvalue weighted by atomic mass is 10.1. The van der Waals surface area contributed by atoms with Crippen LogP contribution in [-0.2, 0) is 6.42 Å². The Morgan fingerprint density at radius 3 is 2.67 bits per heavy atom. The molecule has 1 aromatic carbocycles. The Morgan fingerprint density at radius 1 is 1.33 bits per heavy atom. The van der Waals surface area contributed by atoms with Gasteiger partial charge in [-0.2, -0.15) is 0 Å². The Hall–Kier alpha value is -1.68. The van der Waals surface area contributed by atoms with Gasteiger partial charge in [-0.1, -0.05) is 18.5 Å². The molecule has 0 aliphatic rings. The highest BCUT2D eigenvalue weighted by Crippen LogP contribution is 2.31. The van der Waals surface area contributed by atoms with E-state index in [0.717, 1.165) is 5.56 Å². The fraction of sp³-hybridized carbons (Fsp3) is 0.231. The van der Waals surface area contributed by atoms with Crippen molar-refractivity contribution in [3.8, 4) is 11.3 Å². The molecule has 0 unspecified atom stereocenters. The summed E-state index contributed by atoms with van der Waals surface area (Å²) < 4.78 is 13.0. The number of anilines is 1. The lowest BCUT2D eigenvalue weighted by Gasteiger charge is -2.10. The van der Waals surface area contributed by atoms with Crippen molar-refractivity contribution in [2.45, 2.75) is 20.3 Å². The minimum absolute atomic E-state index is 0.318. The average Bonchev–Trinajstić information content (AvgIpc) is 2.33. The van der Waals surface area contributed by atoms with Crippen LogP contribution in [0.25, 0.3) is 11.3 Å². The number of hydrogen-bond acceptors (Lipinski definition) is 3. The number of hydrogen-bond donors (Lipinski definition) is 1. The summed E-state index contributed by atoms with van der Waals surface area (Å²) in [5.41, 5.74) is 7.92. The van der Waals surface area contributed by atoms with Gasteiger partial charge < -0.3 is 5.73 Å². The van der Waals surface area contributed by atoms with E-state index in [2.05, 4.69) is 9.97 Å². The Labute approximate surface area is 110 Å². The fourth-order valence-corrected chi connectivity index (χ4v) is 1.94. The molecule has 0 bridgehead atoms. The monoisotopic (exact) mass is 265 g/mol. The van der Waals surface area contributed by atoms with Gasteiger partial charge in [-0.15, -0.1) is 0 Å². The van der Waals surface area contributed by atoms with Crippen LogP contribution in [0.2, 0.25) is 5.02 Å². The quantitative estimate of drug-likeness (QED) is 0.906. The molecular formula is C13H13ClFN3. The maximum Gasteiger partial charge on any atom is 0.131 e. The van der Waals surface area contributed by atoms with Crippen molar-refractivity contribution in [3.05, 3.63) is 40.4 Å². The zero-order chi connectivity index (χ0) is 13.3. The van der Waals surface area contributed by atoms with Crippen LogP contribution in [0.15, 0.2) is 18.2 Å². The predicted octanol–water partition coefficient (Wildman–Crippen LogP) is 3.39. The number of aryl methyl sites for hydroxylation is 1. The number of benzene rings is 1. The summed E-state index contributed by atoms with van der Waals surface area (Å²) in [7, 11) is 0. The molecule has 0 radical (unpaired) electrons. The molecule has 0 aliphatic carbocycles. The third kappa shape index (κ3) is 2.29. The van der Waals surface area contributed by atoms with E-state index >= 15 is 0 Å². The second-order valence-electron chi connectivity index (χ2n) is 3.98. The second kappa shape index (κ2) is 4.90. The van der Waals surface area contributed by atoms with Gasteiger partial charge in [0.15, 0.2) is 0 Å². The molecule has 0 saturated heterocycles. The summed E-state index contributed by atoms with van der Waals surface area (Å²) in [4.78, 5) is 8.59. The molecular weight excluding hydrogens is 253 g/mol. The van der Waals surface area contributed by atoms with E-state index in [1.165, 1.54) is 12.1 Å². The maximum absolute atomic E-state index is 13.0. The first kappa shape index (κ1) is 12.8. The molecule has 3 nitrogen and oxygen atoms in total. The van der Waals surface area contributed by atoms with Gasteiger partial charge in [0.25, 0.3) is 0 Å². The summed E-state index contributed by atoms with van der Waals surface area (Å²) in [5.74, 6) is 0.699. The lowest BCUT2D eigenvalue weighted by molar-refractivity contribution is 0.628. The molecule has 0 fully saturated rings. The first-order valence-electron chi connectivity index (χ1n) is 5.61. The Balaban J connectivity index is 2.66. The smallest absolute Gasteiger partial charge is 0.131 e. The van der Waals surface area contributed by atoms with Crippen molar-refractivity contribution in [1.29, 1.82) is 0 Å². The van der Waals surface area contributed by atoms with Gasteiger partial charge in [0.1, 0.15) is 17.5 Å². The maximum atomic E-state index is 13.0. The molecule has 0 saturated carbocycles. The van der Waals surface area contributed by atoms with Crippen molar-refractivity contribution >= 4 is 17.4 Å². The molecule has 0 amide bonds. The van der Waals surface area contributed by atoms with E-state index in [4.69, 9.17) is 17.3 Å². The van der Waals surface area contributed by atoms with Gasteiger partial charge in [-0.25, -0.2) is 14.4 Å². The minimum atomic E-state index is -0.376. The summed E-state index contributed by atoms with van der Waals surface area (Å²) >= 11 is 6.04. The van der Waals surface area contributed by atoms with Crippen molar-refractivity contribution in [2.75, 3.05) is 5.73 Å². The summed E-state index contributed by atoms with van der Waals surface area (Å²) in [6.45, 7) is 3.77. The summed E-state index contributed by atoms with van der Waals surface area (Å²) in [6.07, 6.45) is 0.677. The van der Waals surface area contributed by atoms with Crippen molar-refractivity contribution in [1.82, 2.24) is 9.97 Å². The molecule has 0 aliphatic heterocycles. The van der Waals surface area contributed by atoms with Gasteiger partial charge in [0, 0.05) is 17.5 Å². The summed E-state index contributed by atoms with van der Waals surface area (Å²) in [6, 6.07) is 4.22. The van der Waals surface area contributed by atoms with E-state index in [1.807, 2.05) is 13.8 Å². The number of nitrogens with two attached hydrogens (primary N) is 1. The SMILES string of the molecule is CCc1nc(N)c(C)c(-c2ccc(F)cc2Cl)n1. The molecule has 0 atom stereocenters. The van der Waals surface area contributed by atoms with Crippen LogP contribution >= 0.6 is 11.6 Å². The van der Waals surface area contributed by atoms with Crippen molar-refractivity contribution in [3.63, 3.8) is 0 Å². The van der Waals surface area contributed by atoms with E-state index in [1.54, 1.807) is 6.07 Å². The topological polar surface area (TPSA) is 51.8 Å². The normalized spacial score (nSPS) is 10.7. The van der Waals surface area contributed by atoms with Crippen LogP contribution in [0.4, 0.5) is 10.2 Å². The highest BCUT2D eigenvalue weighted by molar-refractivity contribution is 6.33. The van der Waals surface area contributed by atoms with E-state index in [-0.39, 0.29) is 5.82 Å². The fourth-order valence-electron chi connectivity index (χ4n) is 1.68. The third-order valence-electron chi connectivity index (χ3n) is 2.73. The zero-order valence-corrected chi connectivity index (χ0v) is 10.9. The highest BCUT2D eigenvalue weighted by Gasteiger charge is 2.13. The number of nitrogens with zero attached hydrogens (tertiary/aromatic N) is 2. The molecule has 5 heteroatoms. The van der Waals surface area contributed by atoms with Crippen LogP contribution < -0.4 is 5.73 Å². The molecule has 2 rings (SSSR count). The Kier molecular flexibility index (Phi) is 3.48. The molecule has 0 spiro atoms. The number of aromatic nitrogens is 2. The predicted molar refractivity (Wildman–Crippen MR) is 71.0 cm³/mol. The molecule has 1 aromatic heterocycles. The molecule has 2 N–H and O–H groups in total. The molecule has 2 aromatic rings. The number of nitrogen functional groups attached to an aromatic ring is 1. The van der Waals surface area contributed by atoms with Gasteiger partial charge >= 0.3 is 0 Å². The van der Waals surface area contributed by atoms with E-state index in [0.29, 0.717) is 34.3 Å². The van der Waals surface area contributed by atoms with Gasteiger partial charge in [0.05, 0.1) is 10.7 Å². The van der Waals surface area contributed by atoms with Crippen LogP contribution in [0.1, 0.15) is 18.3 Å². The minimum Gasteiger partial charge on any atom is -0.383 e. The number of rotatable bonds is 2. The molecule has 94 valence electrons. The summed E-state index contributed by atoms with van der Waals surface area (Å²) in [5, 5.41) is 0.318. The highest BCUT2D eigenvalue weighted by atomic mass is 35.5. The van der Waals surface area contributed by atoms with Crippen LogP contribution in [0.3, 0.4) is 0 Å². The standard InChI is InChI=1S/C13H13ClFN3/c1-3-11-17-12(7(2)13(16)18-11)9-5-4-8(15)6-10(9)14/h4-6H,3H2,1-2H3,(H2,16,17,18).